The topological polar surface area (TPSA) is 61.9 Å². The van der Waals surface area contributed by atoms with Crippen molar-refractivity contribution in [2.45, 2.75) is 11.3 Å². The van der Waals surface area contributed by atoms with Crippen LogP contribution in [0, 0.1) is 0 Å². The minimum Gasteiger partial charge on any atom is -0.375 e. The summed E-state index contributed by atoms with van der Waals surface area (Å²) in [5.41, 5.74) is 0.821. The molecule has 0 bridgehead atoms. The third-order valence-corrected chi connectivity index (χ3v) is 4.55. The van der Waals surface area contributed by atoms with Crippen LogP contribution in [0.4, 0.5) is 10.5 Å². The van der Waals surface area contributed by atoms with E-state index < -0.39 is 0 Å². The maximum atomic E-state index is 12.5. The largest absolute Gasteiger partial charge is 0.375 e. The van der Waals surface area contributed by atoms with E-state index in [-0.39, 0.29) is 18.5 Å². The Morgan fingerprint density at radius 2 is 1.87 bits per heavy atom. The molecular formula is C16H23N3O3S. The zero-order valence-electron chi connectivity index (χ0n) is 13.6. The summed E-state index contributed by atoms with van der Waals surface area (Å²) in [6, 6.07) is 7.62. The molecule has 1 saturated heterocycles. The smallest absolute Gasteiger partial charge is 0.321 e. The van der Waals surface area contributed by atoms with Crippen LogP contribution in [0.5, 0.6) is 0 Å². The first kappa shape index (κ1) is 17.6. The molecule has 0 aromatic heterocycles. The lowest BCUT2D eigenvalue weighted by Gasteiger charge is -2.22. The number of nitrogens with one attached hydrogen (secondary N) is 1. The van der Waals surface area contributed by atoms with E-state index in [0.717, 1.165) is 17.0 Å². The van der Waals surface area contributed by atoms with Crippen LogP contribution in [-0.2, 0) is 9.53 Å². The Morgan fingerprint density at radius 3 is 2.61 bits per heavy atom. The highest BCUT2D eigenvalue weighted by Gasteiger charge is 2.22. The summed E-state index contributed by atoms with van der Waals surface area (Å²) in [5, 5.41) is 2.97. The average molecular weight is 337 g/mol. The molecule has 1 aliphatic rings. The van der Waals surface area contributed by atoms with Gasteiger partial charge in [0.25, 0.3) is 0 Å². The van der Waals surface area contributed by atoms with Crippen LogP contribution < -0.4 is 5.32 Å². The van der Waals surface area contributed by atoms with E-state index in [1.807, 2.05) is 30.5 Å². The van der Waals surface area contributed by atoms with Crippen molar-refractivity contribution in [1.82, 2.24) is 9.80 Å². The summed E-state index contributed by atoms with van der Waals surface area (Å²) in [4.78, 5) is 28.9. The van der Waals surface area contributed by atoms with E-state index in [9.17, 15) is 9.59 Å². The van der Waals surface area contributed by atoms with Gasteiger partial charge in [0.2, 0.25) is 5.91 Å². The zero-order chi connectivity index (χ0) is 16.7. The Balaban J connectivity index is 1.94. The first-order valence-corrected chi connectivity index (χ1v) is 8.84. The summed E-state index contributed by atoms with van der Waals surface area (Å²) in [6.45, 7) is 2.47. The van der Waals surface area contributed by atoms with Crippen molar-refractivity contribution < 1.29 is 14.3 Å². The van der Waals surface area contributed by atoms with Gasteiger partial charge in [0.05, 0.1) is 5.69 Å². The van der Waals surface area contributed by atoms with E-state index in [2.05, 4.69) is 5.32 Å². The number of urea groups is 1. The van der Waals surface area contributed by atoms with E-state index >= 15 is 0 Å². The van der Waals surface area contributed by atoms with E-state index in [1.54, 1.807) is 21.6 Å². The molecule has 6 nitrogen and oxygen atoms in total. The molecule has 126 valence electrons. The third kappa shape index (κ3) is 4.87. The fraction of sp³-hybridized carbons (Fsp3) is 0.500. The predicted octanol–water partition coefficient (Wildman–Crippen LogP) is 2.12. The lowest BCUT2D eigenvalue weighted by molar-refractivity contribution is -0.134. The van der Waals surface area contributed by atoms with Crippen molar-refractivity contribution in [3.63, 3.8) is 0 Å². The first-order chi connectivity index (χ1) is 11.2. The van der Waals surface area contributed by atoms with Crippen molar-refractivity contribution in [1.29, 1.82) is 0 Å². The molecule has 1 heterocycles. The maximum Gasteiger partial charge on any atom is 0.321 e. The zero-order valence-corrected chi connectivity index (χ0v) is 14.4. The van der Waals surface area contributed by atoms with Gasteiger partial charge in [0.15, 0.2) is 0 Å². The molecule has 23 heavy (non-hydrogen) atoms. The average Bonchev–Trinajstić information content (AvgIpc) is 2.81. The van der Waals surface area contributed by atoms with E-state index in [0.29, 0.717) is 26.2 Å². The van der Waals surface area contributed by atoms with Gasteiger partial charge in [-0.25, -0.2) is 4.79 Å². The van der Waals surface area contributed by atoms with Crippen molar-refractivity contribution in [3.8, 4) is 0 Å². The number of rotatable bonds is 4. The summed E-state index contributed by atoms with van der Waals surface area (Å²) in [6.07, 6.45) is 2.75. The van der Waals surface area contributed by atoms with Crippen LogP contribution in [0.2, 0.25) is 0 Å². The molecule has 0 spiro atoms. The van der Waals surface area contributed by atoms with Crippen LogP contribution in [0.25, 0.3) is 0 Å². The second-order valence-corrected chi connectivity index (χ2v) is 6.13. The van der Waals surface area contributed by atoms with Gasteiger partial charge >= 0.3 is 6.03 Å². The van der Waals surface area contributed by atoms with Crippen molar-refractivity contribution in [3.05, 3.63) is 24.3 Å². The Kier molecular flexibility index (Phi) is 6.73. The van der Waals surface area contributed by atoms with Gasteiger partial charge in [0.1, 0.15) is 6.61 Å². The number of amides is 3. The van der Waals surface area contributed by atoms with Gasteiger partial charge in [-0.05, 0) is 24.8 Å². The number of para-hydroxylation sites is 1. The highest BCUT2D eigenvalue weighted by molar-refractivity contribution is 7.98. The molecule has 2 rings (SSSR count). The van der Waals surface area contributed by atoms with Gasteiger partial charge in [-0.2, -0.15) is 0 Å². The molecule has 1 fully saturated rings. The van der Waals surface area contributed by atoms with Gasteiger partial charge in [-0.3, -0.25) is 4.79 Å². The lowest BCUT2D eigenvalue weighted by atomic mass is 10.3. The second kappa shape index (κ2) is 8.79. The Hall–Kier alpha value is -1.73. The Morgan fingerprint density at radius 1 is 1.17 bits per heavy atom. The summed E-state index contributed by atoms with van der Waals surface area (Å²) in [5.74, 6) is -0.0255. The number of carbonyl (C=O) groups is 2. The number of ether oxygens (including phenoxy) is 1. The SMILES string of the molecule is COCC(=O)N1CCCN(C(=O)Nc2ccccc2SC)CC1. The number of thioether (sulfide) groups is 1. The molecule has 1 aromatic rings. The standard InChI is InChI=1S/C16H23N3O3S/c1-22-12-15(20)18-8-5-9-19(11-10-18)16(21)17-13-6-3-4-7-14(13)23-2/h3-4,6-7H,5,8-12H2,1-2H3,(H,17,21). The summed E-state index contributed by atoms with van der Waals surface area (Å²) in [7, 11) is 1.51. The molecule has 1 N–H and O–H groups in total. The van der Waals surface area contributed by atoms with Crippen LogP contribution in [0.1, 0.15) is 6.42 Å². The highest BCUT2D eigenvalue weighted by atomic mass is 32.2. The highest BCUT2D eigenvalue weighted by Crippen LogP contribution is 2.24. The minimum atomic E-state index is -0.118. The van der Waals surface area contributed by atoms with Gasteiger partial charge in [-0.15, -0.1) is 11.8 Å². The summed E-state index contributed by atoms with van der Waals surface area (Å²) < 4.78 is 4.89. The van der Waals surface area contributed by atoms with Crippen molar-refractivity contribution in [2.75, 3.05) is 51.5 Å². The first-order valence-electron chi connectivity index (χ1n) is 7.61. The molecule has 0 radical (unpaired) electrons. The van der Waals surface area contributed by atoms with Gasteiger partial charge in [-0.1, -0.05) is 12.1 Å². The molecule has 7 heteroatoms. The minimum absolute atomic E-state index is 0.0255. The number of hydrogen-bond donors (Lipinski definition) is 1. The number of hydrogen-bond acceptors (Lipinski definition) is 4. The number of benzene rings is 1. The Labute approximate surface area is 141 Å². The molecule has 0 atom stereocenters. The van der Waals surface area contributed by atoms with E-state index in [4.69, 9.17) is 4.74 Å². The second-order valence-electron chi connectivity index (χ2n) is 5.28. The van der Waals surface area contributed by atoms with Crippen LogP contribution in [-0.4, -0.2) is 67.9 Å². The molecule has 1 aromatic carbocycles. The van der Waals surface area contributed by atoms with Crippen LogP contribution >= 0.6 is 11.8 Å². The quantitative estimate of drug-likeness (QED) is 0.855. The molecule has 0 unspecified atom stereocenters. The number of anilines is 1. The molecule has 0 saturated carbocycles. The number of nitrogens with zero attached hydrogens (tertiary/aromatic N) is 2. The van der Waals surface area contributed by atoms with Gasteiger partial charge < -0.3 is 19.9 Å². The van der Waals surface area contributed by atoms with Crippen LogP contribution in [0.3, 0.4) is 0 Å². The molecule has 3 amide bonds. The van der Waals surface area contributed by atoms with Gasteiger partial charge in [0, 0.05) is 38.2 Å². The number of methoxy groups -OCH3 is 1. The molecule has 0 aliphatic carbocycles. The van der Waals surface area contributed by atoms with E-state index in [1.165, 1.54) is 7.11 Å². The maximum absolute atomic E-state index is 12.5. The lowest BCUT2D eigenvalue weighted by Crippen LogP contribution is -2.40. The normalized spacial score (nSPS) is 15.2. The number of carbonyl (C=O) groups excluding carboxylic acids is 2. The van der Waals surface area contributed by atoms with Crippen molar-refractivity contribution >= 4 is 29.4 Å². The van der Waals surface area contributed by atoms with Crippen LogP contribution in [0.15, 0.2) is 29.2 Å². The monoisotopic (exact) mass is 337 g/mol. The predicted molar refractivity (Wildman–Crippen MR) is 91.9 cm³/mol. The third-order valence-electron chi connectivity index (χ3n) is 3.75. The molecular weight excluding hydrogens is 314 g/mol. The van der Waals surface area contributed by atoms with Crippen molar-refractivity contribution in [2.24, 2.45) is 0 Å². The fourth-order valence-corrected chi connectivity index (χ4v) is 3.08. The summed E-state index contributed by atoms with van der Waals surface area (Å²) >= 11 is 1.60. The Bertz CT molecular complexity index is 553. The fourth-order valence-electron chi connectivity index (χ4n) is 2.53. The molecule has 1 aliphatic heterocycles.